The van der Waals surface area contributed by atoms with Gasteiger partial charge in [-0.15, -0.1) is 0 Å². The number of rotatable bonds is 3. The van der Waals surface area contributed by atoms with Crippen molar-refractivity contribution in [1.82, 2.24) is 4.98 Å². The number of aliphatic hydroxyl groups is 1. The topological polar surface area (TPSA) is 33.1 Å². The van der Waals surface area contributed by atoms with E-state index in [2.05, 4.69) is 4.98 Å². The summed E-state index contributed by atoms with van der Waals surface area (Å²) in [6.45, 7) is 0. The highest BCUT2D eigenvalue weighted by Gasteiger charge is 2.17. The lowest BCUT2D eigenvalue weighted by molar-refractivity contribution is 0.177. The molecular formula is C17H13F2NO. The van der Waals surface area contributed by atoms with E-state index in [4.69, 9.17) is 0 Å². The number of aromatic nitrogens is 1. The van der Waals surface area contributed by atoms with Gasteiger partial charge in [-0.1, -0.05) is 30.3 Å². The maximum Gasteiger partial charge on any atom is 0.129 e. The first kappa shape index (κ1) is 13.6. The van der Waals surface area contributed by atoms with Gasteiger partial charge in [-0.05, 0) is 18.2 Å². The molecule has 0 aliphatic rings. The molecule has 0 bridgehead atoms. The van der Waals surface area contributed by atoms with Gasteiger partial charge in [0, 0.05) is 29.1 Å². The molecule has 3 aromatic rings. The van der Waals surface area contributed by atoms with E-state index in [-0.39, 0.29) is 12.0 Å². The SMILES string of the molecule is OC(Cc1c(F)cccc1F)c1cccc2cccnc12. The normalized spacial score (nSPS) is 12.5. The highest BCUT2D eigenvalue weighted by molar-refractivity contribution is 5.81. The number of benzene rings is 2. The maximum absolute atomic E-state index is 13.7. The average molecular weight is 285 g/mol. The van der Waals surface area contributed by atoms with Crippen molar-refractivity contribution in [3.8, 4) is 0 Å². The van der Waals surface area contributed by atoms with E-state index in [1.54, 1.807) is 24.4 Å². The van der Waals surface area contributed by atoms with Gasteiger partial charge in [0.25, 0.3) is 0 Å². The largest absolute Gasteiger partial charge is 0.388 e. The fourth-order valence-corrected chi connectivity index (χ4v) is 2.43. The molecule has 3 rings (SSSR count). The van der Waals surface area contributed by atoms with Crippen molar-refractivity contribution in [2.75, 3.05) is 0 Å². The van der Waals surface area contributed by atoms with E-state index < -0.39 is 17.7 Å². The van der Waals surface area contributed by atoms with Gasteiger partial charge in [-0.3, -0.25) is 4.98 Å². The van der Waals surface area contributed by atoms with Crippen molar-refractivity contribution >= 4 is 10.9 Å². The van der Waals surface area contributed by atoms with Crippen molar-refractivity contribution in [2.45, 2.75) is 12.5 Å². The van der Waals surface area contributed by atoms with Gasteiger partial charge in [0.15, 0.2) is 0 Å². The molecule has 4 heteroatoms. The van der Waals surface area contributed by atoms with Crippen molar-refractivity contribution in [2.24, 2.45) is 0 Å². The predicted octanol–water partition coefficient (Wildman–Crippen LogP) is 3.79. The lowest BCUT2D eigenvalue weighted by Crippen LogP contribution is -2.06. The van der Waals surface area contributed by atoms with Crippen LogP contribution in [0.25, 0.3) is 10.9 Å². The van der Waals surface area contributed by atoms with Crippen LogP contribution in [0.1, 0.15) is 17.2 Å². The number of aliphatic hydroxyl groups excluding tert-OH is 1. The molecule has 1 N–H and O–H groups in total. The molecule has 0 saturated heterocycles. The van der Waals surface area contributed by atoms with E-state index in [1.165, 1.54) is 18.2 Å². The molecule has 0 aliphatic carbocycles. The molecule has 1 atom stereocenters. The minimum Gasteiger partial charge on any atom is -0.388 e. The van der Waals surface area contributed by atoms with Gasteiger partial charge in [-0.2, -0.15) is 0 Å². The second-order valence-corrected chi connectivity index (χ2v) is 4.84. The summed E-state index contributed by atoms with van der Waals surface area (Å²) in [6.07, 6.45) is 0.478. The van der Waals surface area contributed by atoms with Gasteiger partial charge in [0.2, 0.25) is 0 Å². The van der Waals surface area contributed by atoms with Crippen LogP contribution in [0.5, 0.6) is 0 Å². The summed E-state index contributed by atoms with van der Waals surface area (Å²) in [5, 5.41) is 11.2. The van der Waals surface area contributed by atoms with Crippen LogP contribution in [-0.4, -0.2) is 10.1 Å². The monoisotopic (exact) mass is 285 g/mol. The van der Waals surface area contributed by atoms with Crippen molar-refractivity contribution in [3.63, 3.8) is 0 Å². The van der Waals surface area contributed by atoms with Crippen LogP contribution in [0.2, 0.25) is 0 Å². The van der Waals surface area contributed by atoms with Gasteiger partial charge in [-0.25, -0.2) is 8.78 Å². The molecular weight excluding hydrogens is 272 g/mol. The van der Waals surface area contributed by atoms with Crippen molar-refractivity contribution < 1.29 is 13.9 Å². The van der Waals surface area contributed by atoms with E-state index in [1.807, 2.05) is 12.1 Å². The van der Waals surface area contributed by atoms with Gasteiger partial charge in [0.05, 0.1) is 11.6 Å². The number of nitrogens with zero attached hydrogens (tertiary/aromatic N) is 1. The lowest BCUT2D eigenvalue weighted by atomic mass is 9.98. The van der Waals surface area contributed by atoms with Gasteiger partial charge >= 0.3 is 0 Å². The third-order valence-corrected chi connectivity index (χ3v) is 3.48. The van der Waals surface area contributed by atoms with Crippen molar-refractivity contribution in [1.29, 1.82) is 0 Å². The number of hydrogen-bond donors (Lipinski definition) is 1. The molecule has 106 valence electrons. The molecule has 0 amide bonds. The Labute approximate surface area is 120 Å². The summed E-state index contributed by atoms with van der Waals surface area (Å²) in [7, 11) is 0. The van der Waals surface area contributed by atoms with Crippen LogP contribution in [0.15, 0.2) is 54.7 Å². The molecule has 0 fully saturated rings. The number of fused-ring (bicyclic) bond motifs is 1. The van der Waals surface area contributed by atoms with E-state index >= 15 is 0 Å². The Morgan fingerprint density at radius 3 is 2.38 bits per heavy atom. The Morgan fingerprint density at radius 1 is 0.952 bits per heavy atom. The highest BCUT2D eigenvalue weighted by atomic mass is 19.1. The number of hydrogen-bond acceptors (Lipinski definition) is 2. The minimum atomic E-state index is -1.02. The summed E-state index contributed by atoms with van der Waals surface area (Å²) in [5.41, 5.74) is 1.10. The lowest BCUT2D eigenvalue weighted by Gasteiger charge is -2.14. The second kappa shape index (κ2) is 5.58. The van der Waals surface area contributed by atoms with E-state index in [9.17, 15) is 13.9 Å². The van der Waals surface area contributed by atoms with Crippen LogP contribution in [0.3, 0.4) is 0 Å². The fraction of sp³-hybridized carbons (Fsp3) is 0.118. The maximum atomic E-state index is 13.7. The Kier molecular flexibility index (Phi) is 3.62. The zero-order valence-corrected chi connectivity index (χ0v) is 11.1. The smallest absolute Gasteiger partial charge is 0.129 e. The Morgan fingerprint density at radius 2 is 1.62 bits per heavy atom. The molecule has 0 saturated carbocycles. The van der Waals surface area contributed by atoms with Crippen LogP contribution in [-0.2, 0) is 6.42 Å². The number of para-hydroxylation sites is 1. The first-order chi connectivity index (χ1) is 10.2. The first-order valence-electron chi connectivity index (χ1n) is 6.61. The van der Waals surface area contributed by atoms with E-state index in [0.717, 1.165) is 5.39 Å². The summed E-state index contributed by atoms with van der Waals surface area (Å²) >= 11 is 0. The summed E-state index contributed by atoms with van der Waals surface area (Å²) in [4.78, 5) is 4.24. The zero-order valence-electron chi connectivity index (χ0n) is 11.1. The molecule has 1 heterocycles. The van der Waals surface area contributed by atoms with Crippen LogP contribution in [0.4, 0.5) is 8.78 Å². The molecule has 2 nitrogen and oxygen atoms in total. The average Bonchev–Trinajstić information content (AvgIpc) is 2.50. The van der Waals surface area contributed by atoms with Gasteiger partial charge < -0.3 is 5.11 Å². The third kappa shape index (κ3) is 2.62. The molecule has 0 radical (unpaired) electrons. The van der Waals surface area contributed by atoms with E-state index in [0.29, 0.717) is 11.1 Å². The third-order valence-electron chi connectivity index (χ3n) is 3.48. The number of halogens is 2. The molecule has 0 spiro atoms. The standard InChI is InChI=1S/C17H13F2NO/c18-14-7-2-8-15(19)13(14)10-16(21)12-6-1-4-11-5-3-9-20-17(11)12/h1-9,16,21H,10H2. The Hall–Kier alpha value is -2.33. The fourth-order valence-electron chi connectivity index (χ4n) is 2.43. The Bertz CT molecular complexity index is 763. The van der Waals surface area contributed by atoms with Crippen LogP contribution >= 0.6 is 0 Å². The minimum absolute atomic E-state index is 0.113. The molecule has 1 unspecified atom stereocenters. The van der Waals surface area contributed by atoms with Crippen molar-refractivity contribution in [3.05, 3.63) is 77.5 Å². The second-order valence-electron chi connectivity index (χ2n) is 4.84. The molecule has 1 aromatic heterocycles. The molecule has 0 aliphatic heterocycles. The Balaban J connectivity index is 2.00. The number of pyridine rings is 1. The summed E-state index contributed by atoms with van der Waals surface area (Å²) in [5.74, 6) is -1.30. The van der Waals surface area contributed by atoms with Crippen LogP contribution in [0, 0.1) is 11.6 Å². The first-order valence-corrected chi connectivity index (χ1v) is 6.61. The van der Waals surface area contributed by atoms with Gasteiger partial charge in [0.1, 0.15) is 11.6 Å². The molecule has 21 heavy (non-hydrogen) atoms. The highest BCUT2D eigenvalue weighted by Crippen LogP contribution is 2.26. The zero-order chi connectivity index (χ0) is 14.8. The predicted molar refractivity (Wildman–Crippen MR) is 76.8 cm³/mol. The summed E-state index contributed by atoms with van der Waals surface area (Å²) in [6, 6.07) is 12.7. The summed E-state index contributed by atoms with van der Waals surface area (Å²) < 4.78 is 27.3. The molecule has 2 aromatic carbocycles. The van der Waals surface area contributed by atoms with Crippen LogP contribution < -0.4 is 0 Å². The quantitative estimate of drug-likeness (QED) is 0.794.